The molecule has 3 rings (SSSR count). The highest BCUT2D eigenvalue weighted by atomic mass is 35.5. The van der Waals surface area contributed by atoms with Crippen molar-refractivity contribution in [3.63, 3.8) is 0 Å². The molecule has 1 aromatic rings. The molecule has 2 amide bonds. The summed E-state index contributed by atoms with van der Waals surface area (Å²) in [5.74, 6) is -0.0105. The van der Waals surface area contributed by atoms with Gasteiger partial charge in [0.1, 0.15) is 0 Å². The molecule has 2 N–H and O–H groups in total. The number of amides is 2. The van der Waals surface area contributed by atoms with Gasteiger partial charge < -0.3 is 5.32 Å². The summed E-state index contributed by atoms with van der Waals surface area (Å²) in [6.07, 6.45) is 6.39. The molecule has 0 spiro atoms. The van der Waals surface area contributed by atoms with E-state index in [1.165, 1.54) is 18.0 Å². The zero-order valence-electron chi connectivity index (χ0n) is 12.9. The molecule has 8 heteroatoms. The van der Waals surface area contributed by atoms with E-state index >= 15 is 0 Å². The minimum absolute atomic E-state index is 0.0105. The Hall–Kier alpha value is -0.560. The zero-order chi connectivity index (χ0) is 16.2. The number of hydrogen-bond acceptors (Lipinski definition) is 4. The Labute approximate surface area is 150 Å². The molecule has 23 heavy (non-hydrogen) atoms. The lowest BCUT2D eigenvalue weighted by Crippen LogP contribution is -2.46. The molecule has 2 fully saturated rings. The minimum Gasteiger partial charge on any atom is -0.304 e. The number of hydrogen-bond donors (Lipinski definition) is 2. The molecule has 128 valence electrons. The molecule has 0 aromatic carbocycles. The number of urea groups is 1. The predicted molar refractivity (Wildman–Crippen MR) is 95.6 cm³/mol. The van der Waals surface area contributed by atoms with E-state index in [2.05, 4.69) is 15.1 Å². The van der Waals surface area contributed by atoms with Crippen molar-refractivity contribution in [1.82, 2.24) is 14.8 Å². The lowest BCUT2D eigenvalue weighted by Gasteiger charge is -2.31. The predicted octanol–water partition coefficient (Wildman–Crippen LogP) is 4.15. The summed E-state index contributed by atoms with van der Waals surface area (Å²) in [7, 11) is 0. The number of piperidine rings is 1. The number of rotatable bonds is 3. The van der Waals surface area contributed by atoms with Gasteiger partial charge in [0.05, 0.1) is 11.4 Å². The smallest absolute Gasteiger partial charge is 0.304 e. The van der Waals surface area contributed by atoms with Crippen molar-refractivity contribution < 1.29 is 4.79 Å². The standard InChI is InChI=1S/C15H22Cl2N4OS/c16-10-5-4-6-11(17)13(10)14-12(9-23-20-14)18-15(22)19-21-7-2-1-3-8-21/h9-11,13H,1-8H2,(H2,18,19,22). The Morgan fingerprint density at radius 2 is 1.87 bits per heavy atom. The third kappa shape index (κ3) is 4.29. The van der Waals surface area contributed by atoms with Crippen molar-refractivity contribution in [2.45, 2.75) is 55.2 Å². The average Bonchev–Trinajstić information content (AvgIpc) is 2.96. The number of hydrazine groups is 1. The third-order valence-corrected chi connectivity index (χ3v) is 6.14. The number of alkyl halides is 2. The van der Waals surface area contributed by atoms with E-state index in [0.29, 0.717) is 0 Å². The van der Waals surface area contributed by atoms with Crippen LogP contribution in [0, 0.1) is 0 Å². The summed E-state index contributed by atoms with van der Waals surface area (Å²) in [6, 6.07) is -0.221. The summed E-state index contributed by atoms with van der Waals surface area (Å²) < 4.78 is 4.46. The van der Waals surface area contributed by atoms with E-state index in [-0.39, 0.29) is 22.7 Å². The van der Waals surface area contributed by atoms with Crippen molar-refractivity contribution in [3.8, 4) is 0 Å². The largest absolute Gasteiger partial charge is 0.333 e. The lowest BCUT2D eigenvalue weighted by molar-refractivity contribution is 0.162. The quantitative estimate of drug-likeness (QED) is 0.779. The molecule has 2 atom stereocenters. The van der Waals surface area contributed by atoms with Gasteiger partial charge in [-0.25, -0.2) is 9.80 Å². The van der Waals surface area contributed by atoms with E-state index in [9.17, 15) is 4.79 Å². The van der Waals surface area contributed by atoms with Crippen LogP contribution in [0.25, 0.3) is 0 Å². The van der Waals surface area contributed by atoms with Crippen LogP contribution in [0.4, 0.5) is 10.5 Å². The number of nitrogens with zero attached hydrogens (tertiary/aromatic N) is 2. The van der Waals surface area contributed by atoms with E-state index in [1.54, 1.807) is 0 Å². The Bertz CT molecular complexity index is 525. The number of carbonyl (C=O) groups excluding carboxylic acids is 1. The topological polar surface area (TPSA) is 57.3 Å². The first kappa shape index (κ1) is 17.3. The molecule has 2 unspecified atom stereocenters. The summed E-state index contributed by atoms with van der Waals surface area (Å²) >= 11 is 14.3. The fourth-order valence-corrected chi connectivity index (χ4v) is 4.96. The van der Waals surface area contributed by atoms with Gasteiger partial charge in [0, 0.05) is 35.1 Å². The van der Waals surface area contributed by atoms with Gasteiger partial charge >= 0.3 is 6.03 Å². The fraction of sp³-hybridized carbons (Fsp3) is 0.733. The number of carbonyl (C=O) groups is 1. The van der Waals surface area contributed by atoms with Crippen molar-refractivity contribution in [3.05, 3.63) is 11.1 Å². The molecule has 0 bridgehead atoms. The molecule has 2 heterocycles. The average molecular weight is 377 g/mol. The van der Waals surface area contributed by atoms with Gasteiger partial charge in [0.2, 0.25) is 0 Å². The zero-order valence-corrected chi connectivity index (χ0v) is 15.3. The van der Waals surface area contributed by atoms with Crippen LogP contribution in [0.2, 0.25) is 0 Å². The molecule has 1 aromatic heterocycles. The minimum atomic E-state index is -0.221. The second-order valence-electron chi connectivity index (χ2n) is 6.22. The van der Waals surface area contributed by atoms with Gasteiger partial charge in [0.25, 0.3) is 0 Å². The van der Waals surface area contributed by atoms with Crippen LogP contribution in [0.15, 0.2) is 5.38 Å². The third-order valence-electron chi connectivity index (χ3n) is 4.52. The highest BCUT2D eigenvalue weighted by molar-refractivity contribution is 7.04. The van der Waals surface area contributed by atoms with Gasteiger partial charge in [-0.05, 0) is 37.2 Å². The number of anilines is 1. The first-order valence-corrected chi connectivity index (χ1v) is 9.91. The maximum Gasteiger partial charge on any atom is 0.333 e. The van der Waals surface area contributed by atoms with Crippen LogP contribution >= 0.6 is 34.7 Å². The number of nitrogens with one attached hydrogen (secondary N) is 2. The molecule has 5 nitrogen and oxygen atoms in total. The van der Waals surface area contributed by atoms with Gasteiger partial charge in [-0.1, -0.05) is 12.8 Å². The van der Waals surface area contributed by atoms with Gasteiger partial charge in [0.15, 0.2) is 0 Å². The summed E-state index contributed by atoms with van der Waals surface area (Å²) in [5, 5.41) is 6.68. The van der Waals surface area contributed by atoms with Crippen molar-refractivity contribution in [1.29, 1.82) is 0 Å². The van der Waals surface area contributed by atoms with Crippen LogP contribution in [-0.4, -0.2) is 39.3 Å². The monoisotopic (exact) mass is 376 g/mol. The van der Waals surface area contributed by atoms with Crippen LogP contribution in [0.5, 0.6) is 0 Å². The highest BCUT2D eigenvalue weighted by Crippen LogP contribution is 2.42. The fourth-order valence-electron chi connectivity index (χ4n) is 3.32. The van der Waals surface area contributed by atoms with Crippen LogP contribution in [0.3, 0.4) is 0 Å². The van der Waals surface area contributed by atoms with Crippen LogP contribution < -0.4 is 10.7 Å². The molecule has 0 radical (unpaired) electrons. The van der Waals surface area contributed by atoms with Gasteiger partial charge in [-0.3, -0.25) is 5.43 Å². The second kappa shape index (κ2) is 8.01. The normalized spacial score (nSPS) is 29.2. The maximum absolute atomic E-state index is 12.2. The first-order chi connectivity index (χ1) is 11.1. The first-order valence-electron chi connectivity index (χ1n) is 8.20. The van der Waals surface area contributed by atoms with Gasteiger partial charge in [-0.2, -0.15) is 4.37 Å². The van der Waals surface area contributed by atoms with Crippen LogP contribution in [-0.2, 0) is 0 Å². The Morgan fingerprint density at radius 3 is 2.57 bits per heavy atom. The molecular formula is C15H22Cl2N4OS. The molecule has 1 aliphatic carbocycles. The van der Waals surface area contributed by atoms with Gasteiger partial charge in [-0.15, -0.1) is 23.2 Å². The number of aromatic nitrogens is 1. The molecule has 1 aliphatic heterocycles. The lowest BCUT2D eigenvalue weighted by atomic mass is 9.85. The summed E-state index contributed by atoms with van der Waals surface area (Å²) in [6.45, 7) is 1.80. The van der Waals surface area contributed by atoms with Crippen molar-refractivity contribution in [2.24, 2.45) is 0 Å². The Balaban J connectivity index is 1.64. The highest BCUT2D eigenvalue weighted by Gasteiger charge is 2.35. The summed E-state index contributed by atoms with van der Waals surface area (Å²) in [4.78, 5) is 12.2. The molecule has 1 saturated heterocycles. The number of halogens is 2. The van der Waals surface area contributed by atoms with Crippen molar-refractivity contribution >= 4 is 46.5 Å². The van der Waals surface area contributed by atoms with E-state index in [0.717, 1.165) is 56.6 Å². The second-order valence-corrected chi connectivity index (χ2v) is 7.97. The molecule has 2 aliphatic rings. The van der Waals surface area contributed by atoms with Crippen molar-refractivity contribution in [2.75, 3.05) is 18.4 Å². The molecule has 1 saturated carbocycles. The molecular weight excluding hydrogens is 355 g/mol. The maximum atomic E-state index is 12.2. The summed E-state index contributed by atoms with van der Waals surface area (Å²) in [5.41, 5.74) is 4.46. The van der Waals surface area contributed by atoms with E-state index < -0.39 is 0 Å². The Kier molecular flexibility index (Phi) is 6.01. The van der Waals surface area contributed by atoms with E-state index in [1.807, 2.05) is 10.4 Å². The SMILES string of the molecule is O=C(Nc1csnc1C1C(Cl)CCCC1Cl)NN1CCCCC1. The van der Waals surface area contributed by atoms with E-state index in [4.69, 9.17) is 23.2 Å². The Morgan fingerprint density at radius 1 is 1.17 bits per heavy atom. The van der Waals surface area contributed by atoms with Crippen LogP contribution in [0.1, 0.15) is 50.1 Å².